The van der Waals surface area contributed by atoms with Crippen molar-refractivity contribution in [1.82, 2.24) is 0 Å². The summed E-state index contributed by atoms with van der Waals surface area (Å²) in [5, 5.41) is 0. The molecular weight excluding hydrogens is 510 g/mol. The van der Waals surface area contributed by atoms with Gasteiger partial charge in [-0.05, 0) is 0 Å². The molecule has 6 nitrogen and oxygen atoms in total. The molecule has 0 spiro atoms. The van der Waals surface area contributed by atoms with Crippen LogP contribution in [0.1, 0.15) is 0 Å². The average molecular weight is 510 g/mol. The Bertz CT molecular complexity index is 13.0. The van der Waals surface area contributed by atoms with Gasteiger partial charge in [-0.3, -0.25) is 0 Å². The van der Waals surface area contributed by atoms with E-state index in [0.29, 0.717) is 0 Å². The van der Waals surface area contributed by atoms with Gasteiger partial charge in [0.1, 0.15) is 0 Å². The Labute approximate surface area is 104 Å². The fourth-order valence-corrected chi connectivity index (χ4v) is 0. The fraction of sp³-hybridized carbons (Fsp3) is 0. The van der Waals surface area contributed by atoms with E-state index in [4.69, 9.17) is 0 Å². The summed E-state index contributed by atoms with van der Waals surface area (Å²) in [7, 11) is 0. The number of rotatable bonds is 0. The zero-order valence-electron chi connectivity index (χ0n) is 3.97. The minimum absolute atomic E-state index is 0. The molecule has 0 unspecified atom stereocenters. The van der Waals surface area contributed by atoms with E-state index < -0.39 is 0 Å². The first-order valence-electron chi connectivity index (χ1n) is 0. The minimum atomic E-state index is 0. The van der Waals surface area contributed by atoms with Crippen molar-refractivity contribution in [1.29, 1.82) is 0 Å². The molecule has 9 heteroatoms. The molecule has 0 radical (unpaired) electrons. The standard InChI is InChI=1S/In.6O.Sn.Ta/q+3;6*-2;+4;+5. The second-order valence-corrected chi connectivity index (χ2v) is 0. The van der Waals surface area contributed by atoms with Crippen molar-refractivity contribution in [3.8, 4) is 0 Å². The molecular formula is InO6SnTa. The van der Waals surface area contributed by atoms with Gasteiger partial charge in [-0.2, -0.15) is 0 Å². The smallest absolute Gasteiger partial charge is 2.00 e. The molecule has 0 atom stereocenters. The summed E-state index contributed by atoms with van der Waals surface area (Å²) >= 11 is 0. The first-order valence-corrected chi connectivity index (χ1v) is 0. The summed E-state index contributed by atoms with van der Waals surface area (Å²) in [5.74, 6) is 0. The van der Waals surface area contributed by atoms with Gasteiger partial charge in [0, 0.05) is 0 Å². The van der Waals surface area contributed by atoms with Crippen molar-refractivity contribution in [3.05, 3.63) is 0 Å². The van der Waals surface area contributed by atoms with Gasteiger partial charge in [0.2, 0.25) is 0 Å². The third kappa shape index (κ3) is 144. The summed E-state index contributed by atoms with van der Waals surface area (Å²) in [4.78, 5) is 0. The summed E-state index contributed by atoms with van der Waals surface area (Å²) in [6, 6.07) is 0. The quantitative estimate of drug-likeness (QED) is 0.347. The van der Waals surface area contributed by atoms with Crippen LogP contribution in [-0.2, 0) is 55.2 Å². The van der Waals surface area contributed by atoms with Gasteiger partial charge in [0.25, 0.3) is 0 Å². The van der Waals surface area contributed by atoms with E-state index >= 15 is 0 Å². The van der Waals surface area contributed by atoms with Crippen LogP contribution in [0.15, 0.2) is 0 Å². The zero-order valence-corrected chi connectivity index (χ0v) is 13.3. The Morgan fingerprint density at radius 3 is 0.444 bits per heavy atom. The molecule has 0 fully saturated rings. The van der Waals surface area contributed by atoms with E-state index in [1.54, 1.807) is 0 Å². The maximum Gasteiger partial charge on any atom is 5.00 e. The molecule has 0 N–H and O–H groups in total. The largest absolute Gasteiger partial charge is 5.00 e. The van der Waals surface area contributed by atoms with Crippen LogP contribution in [0.2, 0.25) is 0 Å². The maximum atomic E-state index is 0. The number of hydrogen-bond donors (Lipinski definition) is 0. The minimum Gasteiger partial charge on any atom is -2.00 e. The van der Waals surface area contributed by atoms with Gasteiger partial charge in [0.15, 0.2) is 0 Å². The Balaban J connectivity index is 0. The second kappa shape index (κ2) is 182. The third-order valence-corrected chi connectivity index (χ3v) is 0. The SMILES string of the molecule is [In+3].[O-2].[O-2].[O-2].[O-2].[O-2].[O-2].[Sn+4].[Ta+5]. The molecule has 0 amide bonds. The maximum absolute atomic E-state index is 0. The van der Waals surface area contributed by atoms with Crippen LogP contribution in [0.4, 0.5) is 0 Å². The van der Waals surface area contributed by atoms with Gasteiger partial charge in [0.05, 0.1) is 0 Å². The van der Waals surface area contributed by atoms with Crippen molar-refractivity contribution in [2.45, 2.75) is 0 Å². The molecule has 0 aromatic rings. The van der Waals surface area contributed by atoms with Crippen LogP contribution in [0.5, 0.6) is 0 Å². The molecule has 0 saturated carbocycles. The fourth-order valence-electron chi connectivity index (χ4n) is 0. The molecule has 9 heavy (non-hydrogen) atoms. The van der Waals surface area contributed by atoms with Crippen molar-refractivity contribution in [2.75, 3.05) is 0 Å². The van der Waals surface area contributed by atoms with E-state index in [-0.39, 0.29) is 105 Å². The Morgan fingerprint density at radius 2 is 0.444 bits per heavy atom. The molecule has 0 aliphatic carbocycles. The summed E-state index contributed by atoms with van der Waals surface area (Å²) < 4.78 is 0. The average Bonchev–Trinajstić information content (AvgIpc) is 0. The predicted molar refractivity (Wildman–Crippen MR) is 15.6 cm³/mol. The van der Waals surface area contributed by atoms with Crippen molar-refractivity contribution in [3.63, 3.8) is 0 Å². The van der Waals surface area contributed by atoms with Crippen LogP contribution in [0.3, 0.4) is 0 Å². The van der Waals surface area contributed by atoms with E-state index in [9.17, 15) is 0 Å². The van der Waals surface area contributed by atoms with E-state index in [0.717, 1.165) is 0 Å². The molecule has 0 aromatic carbocycles. The van der Waals surface area contributed by atoms with Gasteiger partial charge in [-0.25, -0.2) is 0 Å². The van der Waals surface area contributed by atoms with Gasteiger partial charge < -0.3 is 32.9 Å². The summed E-state index contributed by atoms with van der Waals surface area (Å²) in [6.45, 7) is 0. The molecule has 0 aliphatic heterocycles. The van der Waals surface area contributed by atoms with E-state index in [1.807, 2.05) is 0 Å². The molecule has 0 aliphatic rings. The van der Waals surface area contributed by atoms with Gasteiger partial charge in [-0.15, -0.1) is 0 Å². The second-order valence-electron chi connectivity index (χ2n) is 0. The molecule has 48 valence electrons. The van der Waals surface area contributed by atoms with Gasteiger partial charge >= 0.3 is 72.1 Å². The summed E-state index contributed by atoms with van der Waals surface area (Å²) in [5.41, 5.74) is 0. The first-order chi connectivity index (χ1) is 0. The first kappa shape index (κ1) is 245. The third-order valence-electron chi connectivity index (χ3n) is 0. The van der Waals surface area contributed by atoms with E-state index in [1.165, 1.54) is 0 Å². The molecule has 0 saturated heterocycles. The zero-order chi connectivity index (χ0) is 0. The Hall–Kier alpha value is 2.17. The monoisotopic (exact) mass is 512 g/mol. The van der Waals surface area contributed by atoms with Crippen LogP contribution >= 0.6 is 0 Å². The van der Waals surface area contributed by atoms with Crippen LogP contribution in [0, 0.1) is 0 Å². The molecule has 0 aromatic heterocycles. The van der Waals surface area contributed by atoms with Crippen LogP contribution in [-0.4, -0.2) is 49.8 Å². The Kier molecular flexibility index (Phi) is 4960. The van der Waals surface area contributed by atoms with Crippen LogP contribution in [0.25, 0.3) is 0 Å². The Morgan fingerprint density at radius 1 is 0.444 bits per heavy atom. The van der Waals surface area contributed by atoms with Crippen molar-refractivity contribution < 1.29 is 55.2 Å². The normalized spacial score (nSPS) is 0. The molecule has 0 heterocycles. The molecule has 0 bridgehead atoms. The van der Waals surface area contributed by atoms with Crippen LogP contribution < -0.4 is 0 Å². The topological polar surface area (TPSA) is 171 Å². The van der Waals surface area contributed by atoms with Crippen molar-refractivity contribution in [2.24, 2.45) is 0 Å². The van der Waals surface area contributed by atoms with Gasteiger partial charge in [-0.1, -0.05) is 0 Å². The number of hydrogen-bond acceptors (Lipinski definition) is 0. The van der Waals surface area contributed by atoms with E-state index in [2.05, 4.69) is 0 Å². The van der Waals surface area contributed by atoms with Crippen molar-refractivity contribution >= 4 is 49.8 Å². The predicted octanol–water partition coefficient (Wildman–Crippen LogP) is -1.48. The summed E-state index contributed by atoms with van der Waals surface area (Å²) in [6.07, 6.45) is 0. The molecule has 0 rings (SSSR count).